The molecule has 0 aromatic heterocycles. The van der Waals surface area contributed by atoms with Crippen molar-refractivity contribution in [2.24, 2.45) is 5.41 Å². The smallest absolute Gasteiger partial charge is 0.120 e. The van der Waals surface area contributed by atoms with Crippen molar-refractivity contribution in [3.05, 3.63) is 28.2 Å². The summed E-state index contributed by atoms with van der Waals surface area (Å²) in [5.74, 6) is 1.67. The SMILES string of the molecule is SCC1(COc2ccc(Cl)c(Cl)c2)CCCC1. The van der Waals surface area contributed by atoms with E-state index in [9.17, 15) is 0 Å². The fourth-order valence-corrected chi connectivity index (χ4v) is 2.97. The number of halogens is 2. The summed E-state index contributed by atoms with van der Waals surface area (Å²) in [7, 11) is 0. The van der Waals surface area contributed by atoms with Crippen LogP contribution in [-0.2, 0) is 0 Å². The van der Waals surface area contributed by atoms with Gasteiger partial charge >= 0.3 is 0 Å². The first kappa shape index (κ1) is 13.4. The molecule has 1 fully saturated rings. The van der Waals surface area contributed by atoms with Gasteiger partial charge in [0, 0.05) is 11.5 Å². The van der Waals surface area contributed by atoms with Crippen molar-refractivity contribution in [3.8, 4) is 5.75 Å². The summed E-state index contributed by atoms with van der Waals surface area (Å²) in [6.07, 6.45) is 4.98. The molecule has 0 aliphatic heterocycles. The minimum Gasteiger partial charge on any atom is -0.493 e. The third-order valence-electron chi connectivity index (χ3n) is 3.44. The topological polar surface area (TPSA) is 9.23 Å². The summed E-state index contributed by atoms with van der Waals surface area (Å²) in [6, 6.07) is 5.39. The summed E-state index contributed by atoms with van der Waals surface area (Å²) < 4.78 is 5.83. The average molecular weight is 291 g/mol. The Morgan fingerprint density at radius 2 is 1.88 bits per heavy atom. The monoisotopic (exact) mass is 290 g/mol. The Hall–Kier alpha value is -0.0500. The van der Waals surface area contributed by atoms with Crippen molar-refractivity contribution in [2.45, 2.75) is 25.7 Å². The highest BCUT2D eigenvalue weighted by atomic mass is 35.5. The molecule has 0 N–H and O–H groups in total. The molecule has 1 aliphatic rings. The molecule has 0 radical (unpaired) electrons. The molecule has 0 bridgehead atoms. The lowest BCUT2D eigenvalue weighted by atomic mass is 9.90. The summed E-state index contributed by atoms with van der Waals surface area (Å²) in [4.78, 5) is 0. The zero-order chi connectivity index (χ0) is 12.3. The Bertz CT molecular complexity index is 389. The summed E-state index contributed by atoms with van der Waals surface area (Å²) in [5.41, 5.74) is 0.245. The van der Waals surface area contributed by atoms with Crippen molar-refractivity contribution in [1.82, 2.24) is 0 Å². The molecular weight excluding hydrogens is 275 g/mol. The van der Waals surface area contributed by atoms with E-state index in [1.807, 2.05) is 6.07 Å². The maximum absolute atomic E-state index is 5.95. The van der Waals surface area contributed by atoms with E-state index in [1.54, 1.807) is 12.1 Å². The van der Waals surface area contributed by atoms with Crippen LogP contribution < -0.4 is 4.74 Å². The van der Waals surface area contributed by atoms with E-state index >= 15 is 0 Å². The first-order chi connectivity index (χ1) is 8.15. The second kappa shape index (κ2) is 5.73. The van der Waals surface area contributed by atoms with E-state index in [4.69, 9.17) is 27.9 Å². The van der Waals surface area contributed by atoms with Gasteiger partial charge in [-0.1, -0.05) is 36.0 Å². The normalized spacial score (nSPS) is 18.3. The van der Waals surface area contributed by atoms with Gasteiger partial charge in [0.2, 0.25) is 0 Å². The Morgan fingerprint density at radius 1 is 1.18 bits per heavy atom. The van der Waals surface area contributed by atoms with Crippen LogP contribution in [-0.4, -0.2) is 12.4 Å². The Balaban J connectivity index is 1.99. The highest BCUT2D eigenvalue weighted by Crippen LogP contribution is 2.39. The molecule has 0 unspecified atom stereocenters. The maximum Gasteiger partial charge on any atom is 0.120 e. The van der Waals surface area contributed by atoms with E-state index in [-0.39, 0.29) is 5.41 Å². The van der Waals surface area contributed by atoms with Crippen LogP contribution in [0, 0.1) is 5.41 Å². The van der Waals surface area contributed by atoms with E-state index in [1.165, 1.54) is 25.7 Å². The van der Waals surface area contributed by atoms with Crippen molar-refractivity contribution >= 4 is 35.8 Å². The van der Waals surface area contributed by atoms with Crippen molar-refractivity contribution < 1.29 is 4.74 Å². The Labute approximate surface area is 118 Å². The number of rotatable bonds is 4. The molecule has 17 heavy (non-hydrogen) atoms. The van der Waals surface area contributed by atoms with Crippen LogP contribution >= 0.6 is 35.8 Å². The maximum atomic E-state index is 5.95. The van der Waals surface area contributed by atoms with Gasteiger partial charge in [0.05, 0.1) is 16.7 Å². The van der Waals surface area contributed by atoms with Gasteiger partial charge in [0.1, 0.15) is 5.75 Å². The third kappa shape index (κ3) is 3.24. The van der Waals surface area contributed by atoms with Gasteiger partial charge in [-0.2, -0.15) is 12.6 Å². The Kier molecular flexibility index (Phi) is 4.51. The second-order valence-electron chi connectivity index (χ2n) is 4.73. The molecule has 0 amide bonds. The number of ether oxygens (including phenoxy) is 1. The van der Waals surface area contributed by atoms with Gasteiger partial charge in [-0.3, -0.25) is 0 Å². The van der Waals surface area contributed by atoms with Gasteiger partial charge in [0.15, 0.2) is 0 Å². The van der Waals surface area contributed by atoms with Crippen molar-refractivity contribution in [1.29, 1.82) is 0 Å². The molecule has 1 aromatic rings. The molecule has 0 spiro atoms. The molecule has 0 heterocycles. The van der Waals surface area contributed by atoms with Crippen LogP contribution in [0.2, 0.25) is 10.0 Å². The number of hydrogen-bond donors (Lipinski definition) is 1. The molecule has 1 aromatic carbocycles. The number of benzene rings is 1. The van der Waals surface area contributed by atoms with Crippen LogP contribution in [0.4, 0.5) is 0 Å². The van der Waals surface area contributed by atoms with Crippen LogP contribution in [0.5, 0.6) is 5.75 Å². The fraction of sp³-hybridized carbons (Fsp3) is 0.538. The van der Waals surface area contributed by atoms with E-state index in [2.05, 4.69) is 12.6 Å². The molecule has 1 aliphatic carbocycles. The standard InChI is InChI=1S/C13H16Cl2OS/c14-11-4-3-10(7-12(11)15)16-8-13(9-17)5-1-2-6-13/h3-4,7,17H,1-2,5-6,8-9H2. The van der Waals surface area contributed by atoms with Gasteiger partial charge in [-0.05, 0) is 30.7 Å². The van der Waals surface area contributed by atoms with Crippen LogP contribution in [0.15, 0.2) is 18.2 Å². The predicted molar refractivity (Wildman–Crippen MR) is 76.7 cm³/mol. The number of thiol groups is 1. The van der Waals surface area contributed by atoms with Gasteiger partial charge < -0.3 is 4.74 Å². The average Bonchev–Trinajstić information content (AvgIpc) is 2.80. The van der Waals surface area contributed by atoms with Crippen LogP contribution in [0.1, 0.15) is 25.7 Å². The molecule has 1 nitrogen and oxygen atoms in total. The first-order valence-electron chi connectivity index (χ1n) is 5.84. The summed E-state index contributed by atoms with van der Waals surface area (Å²) >= 11 is 16.3. The highest BCUT2D eigenvalue weighted by molar-refractivity contribution is 7.80. The van der Waals surface area contributed by atoms with Gasteiger partial charge in [0.25, 0.3) is 0 Å². The fourth-order valence-electron chi connectivity index (χ4n) is 2.28. The zero-order valence-electron chi connectivity index (χ0n) is 9.59. The molecule has 94 valence electrons. The third-order valence-corrected chi connectivity index (χ3v) is 4.85. The van der Waals surface area contributed by atoms with E-state index in [0.29, 0.717) is 16.7 Å². The first-order valence-corrected chi connectivity index (χ1v) is 7.23. The lowest BCUT2D eigenvalue weighted by molar-refractivity contribution is 0.173. The second-order valence-corrected chi connectivity index (χ2v) is 5.86. The lowest BCUT2D eigenvalue weighted by Gasteiger charge is -2.26. The van der Waals surface area contributed by atoms with Crippen molar-refractivity contribution in [2.75, 3.05) is 12.4 Å². The van der Waals surface area contributed by atoms with Crippen LogP contribution in [0.25, 0.3) is 0 Å². The largest absolute Gasteiger partial charge is 0.493 e. The molecule has 0 saturated heterocycles. The summed E-state index contributed by atoms with van der Waals surface area (Å²) in [6.45, 7) is 0.717. The van der Waals surface area contributed by atoms with E-state index < -0.39 is 0 Å². The molecule has 2 rings (SSSR count). The quantitative estimate of drug-likeness (QED) is 0.779. The predicted octanol–water partition coefficient (Wildman–Crippen LogP) is 4.86. The number of hydrogen-bond acceptors (Lipinski definition) is 2. The zero-order valence-corrected chi connectivity index (χ0v) is 12.0. The highest BCUT2D eigenvalue weighted by Gasteiger charge is 2.33. The minimum absolute atomic E-state index is 0.245. The van der Waals surface area contributed by atoms with Gasteiger partial charge in [-0.25, -0.2) is 0 Å². The molecule has 4 heteroatoms. The molecule has 1 saturated carbocycles. The minimum atomic E-state index is 0.245. The molecular formula is C13H16Cl2OS. The van der Waals surface area contributed by atoms with Crippen molar-refractivity contribution in [3.63, 3.8) is 0 Å². The summed E-state index contributed by atoms with van der Waals surface area (Å²) in [5, 5.41) is 1.10. The van der Waals surface area contributed by atoms with Gasteiger partial charge in [-0.15, -0.1) is 0 Å². The Morgan fingerprint density at radius 3 is 2.47 bits per heavy atom. The molecule has 0 atom stereocenters. The lowest BCUT2D eigenvalue weighted by Crippen LogP contribution is -2.27. The van der Waals surface area contributed by atoms with E-state index in [0.717, 1.165) is 11.5 Å². The van der Waals surface area contributed by atoms with Crippen LogP contribution in [0.3, 0.4) is 0 Å².